The second-order valence-electron chi connectivity index (χ2n) is 5.24. The van der Waals surface area contributed by atoms with E-state index < -0.39 is 0 Å². The Morgan fingerprint density at radius 2 is 2.05 bits per heavy atom. The van der Waals surface area contributed by atoms with Gasteiger partial charge in [-0.1, -0.05) is 11.8 Å². The van der Waals surface area contributed by atoms with Crippen LogP contribution in [0.25, 0.3) is 0 Å². The average Bonchev–Trinajstić information content (AvgIpc) is 2.91. The molecule has 2 aliphatic rings. The van der Waals surface area contributed by atoms with Crippen molar-refractivity contribution in [2.24, 2.45) is 5.73 Å². The second kappa shape index (κ2) is 5.03. The Kier molecular flexibility index (Phi) is 3.38. The van der Waals surface area contributed by atoms with E-state index in [0.717, 1.165) is 24.2 Å². The molecule has 3 rings (SSSR count). The summed E-state index contributed by atoms with van der Waals surface area (Å²) in [7, 11) is 0. The summed E-state index contributed by atoms with van der Waals surface area (Å²) in [5.74, 6) is 0.664. The highest BCUT2D eigenvalue weighted by Crippen LogP contribution is 2.41. The quantitative estimate of drug-likeness (QED) is 0.820. The smallest absolute Gasteiger partial charge is 0.230 e. The molecule has 1 aliphatic heterocycles. The predicted molar refractivity (Wildman–Crippen MR) is 74.3 cm³/mol. The first-order valence-electron chi connectivity index (χ1n) is 6.82. The van der Waals surface area contributed by atoms with Crippen LogP contribution in [0.3, 0.4) is 0 Å². The van der Waals surface area contributed by atoms with E-state index in [-0.39, 0.29) is 11.2 Å². The number of primary amides is 1. The normalized spacial score (nSPS) is 20.8. The summed E-state index contributed by atoms with van der Waals surface area (Å²) in [6, 6.07) is 0.508. The number of nitrogens with zero attached hydrogens (tertiary/aromatic N) is 4. The first kappa shape index (κ1) is 12.8. The summed E-state index contributed by atoms with van der Waals surface area (Å²) >= 11 is 1.41. The zero-order valence-corrected chi connectivity index (χ0v) is 11.9. The van der Waals surface area contributed by atoms with Crippen molar-refractivity contribution in [1.29, 1.82) is 0 Å². The van der Waals surface area contributed by atoms with Gasteiger partial charge in [0.1, 0.15) is 0 Å². The number of rotatable bonds is 5. The summed E-state index contributed by atoms with van der Waals surface area (Å²) in [5, 5.41) is 9.17. The zero-order valence-electron chi connectivity index (χ0n) is 11.1. The Morgan fingerprint density at radius 3 is 2.63 bits per heavy atom. The molecule has 7 heteroatoms. The molecule has 104 valence electrons. The van der Waals surface area contributed by atoms with Crippen molar-refractivity contribution in [2.45, 2.75) is 49.1 Å². The van der Waals surface area contributed by atoms with Gasteiger partial charge in [0.15, 0.2) is 5.16 Å². The fourth-order valence-electron chi connectivity index (χ4n) is 2.35. The molecule has 2 N–H and O–H groups in total. The molecule has 19 heavy (non-hydrogen) atoms. The monoisotopic (exact) mass is 281 g/mol. The molecular formula is C12H19N5OS. The Morgan fingerprint density at radius 1 is 1.37 bits per heavy atom. The predicted octanol–water partition coefficient (Wildman–Crippen LogP) is 1.18. The Labute approximate surface area is 116 Å². The van der Waals surface area contributed by atoms with Gasteiger partial charge in [0.05, 0.1) is 5.25 Å². The van der Waals surface area contributed by atoms with Crippen molar-refractivity contribution in [3.63, 3.8) is 0 Å². The number of hydrogen-bond donors (Lipinski definition) is 1. The Bertz CT molecular complexity index is 478. The summed E-state index contributed by atoms with van der Waals surface area (Å²) in [6.07, 6.45) is 4.80. The third kappa shape index (κ3) is 2.56. The van der Waals surface area contributed by atoms with Gasteiger partial charge in [-0.15, -0.1) is 10.2 Å². The van der Waals surface area contributed by atoms with Crippen LogP contribution in [0.2, 0.25) is 0 Å². The second-order valence-corrected chi connectivity index (χ2v) is 6.55. The molecule has 1 aromatic rings. The lowest BCUT2D eigenvalue weighted by Crippen LogP contribution is -2.24. The first-order valence-corrected chi connectivity index (χ1v) is 7.70. The van der Waals surface area contributed by atoms with E-state index in [2.05, 4.69) is 19.7 Å². The molecule has 0 spiro atoms. The lowest BCUT2D eigenvalue weighted by Gasteiger charge is -2.18. The van der Waals surface area contributed by atoms with Crippen LogP contribution < -0.4 is 10.6 Å². The van der Waals surface area contributed by atoms with Gasteiger partial charge in [0.25, 0.3) is 0 Å². The van der Waals surface area contributed by atoms with Crippen LogP contribution in [0.1, 0.15) is 38.6 Å². The zero-order chi connectivity index (χ0) is 13.4. The number of hydrogen-bond acceptors (Lipinski definition) is 5. The minimum Gasteiger partial charge on any atom is -0.369 e. The largest absolute Gasteiger partial charge is 0.369 e. The van der Waals surface area contributed by atoms with E-state index in [1.165, 1.54) is 37.4 Å². The maximum absolute atomic E-state index is 11.2. The molecule has 0 unspecified atom stereocenters. The van der Waals surface area contributed by atoms with Gasteiger partial charge in [-0.25, -0.2) is 0 Å². The van der Waals surface area contributed by atoms with Gasteiger partial charge in [-0.05, 0) is 32.6 Å². The molecule has 1 aliphatic carbocycles. The minimum atomic E-state index is -0.307. The SMILES string of the molecule is C[C@@H](Sc1nnc(N2CCCC2)n1C1CC1)C(N)=O. The van der Waals surface area contributed by atoms with Crippen molar-refractivity contribution in [2.75, 3.05) is 18.0 Å². The van der Waals surface area contributed by atoms with Gasteiger partial charge in [-0.2, -0.15) is 0 Å². The van der Waals surface area contributed by atoms with Crippen LogP contribution in [-0.2, 0) is 4.79 Å². The van der Waals surface area contributed by atoms with Crippen molar-refractivity contribution >= 4 is 23.6 Å². The van der Waals surface area contributed by atoms with E-state index in [1.807, 2.05) is 6.92 Å². The third-order valence-corrected chi connectivity index (χ3v) is 4.71. The highest BCUT2D eigenvalue weighted by molar-refractivity contribution is 8.00. The number of carbonyl (C=O) groups is 1. The van der Waals surface area contributed by atoms with E-state index in [4.69, 9.17) is 5.73 Å². The van der Waals surface area contributed by atoms with E-state index in [9.17, 15) is 4.79 Å². The van der Waals surface area contributed by atoms with Crippen LogP contribution in [-0.4, -0.2) is 39.0 Å². The van der Waals surface area contributed by atoms with Crippen LogP contribution in [0, 0.1) is 0 Å². The number of thioether (sulfide) groups is 1. The van der Waals surface area contributed by atoms with Crippen molar-refractivity contribution in [3.8, 4) is 0 Å². The highest BCUT2D eigenvalue weighted by Gasteiger charge is 2.33. The van der Waals surface area contributed by atoms with Gasteiger partial charge in [0, 0.05) is 19.1 Å². The van der Waals surface area contributed by atoms with Crippen molar-refractivity contribution < 1.29 is 4.79 Å². The summed E-state index contributed by atoms with van der Waals surface area (Å²) in [5.41, 5.74) is 5.33. The van der Waals surface area contributed by atoms with Gasteiger partial charge in [0.2, 0.25) is 11.9 Å². The first-order chi connectivity index (χ1) is 9.16. The lowest BCUT2D eigenvalue weighted by atomic mass is 10.4. The fraction of sp³-hybridized carbons (Fsp3) is 0.750. The van der Waals surface area contributed by atoms with Crippen molar-refractivity contribution in [3.05, 3.63) is 0 Å². The van der Waals surface area contributed by atoms with E-state index in [0.29, 0.717) is 6.04 Å². The summed E-state index contributed by atoms with van der Waals surface area (Å²) < 4.78 is 2.20. The van der Waals surface area contributed by atoms with Crippen LogP contribution >= 0.6 is 11.8 Å². The summed E-state index contributed by atoms with van der Waals surface area (Å²) in [6.45, 7) is 3.93. The van der Waals surface area contributed by atoms with Gasteiger partial charge >= 0.3 is 0 Å². The lowest BCUT2D eigenvalue weighted by molar-refractivity contribution is -0.117. The minimum absolute atomic E-state index is 0.270. The van der Waals surface area contributed by atoms with Gasteiger partial charge in [-0.3, -0.25) is 9.36 Å². The Hall–Kier alpha value is -1.24. The molecule has 2 heterocycles. The molecule has 2 fully saturated rings. The number of amides is 1. The van der Waals surface area contributed by atoms with Crippen molar-refractivity contribution in [1.82, 2.24) is 14.8 Å². The maximum atomic E-state index is 11.2. The Balaban J connectivity index is 1.85. The van der Waals surface area contributed by atoms with E-state index >= 15 is 0 Å². The third-order valence-electron chi connectivity index (χ3n) is 3.63. The van der Waals surface area contributed by atoms with E-state index in [1.54, 1.807) is 0 Å². The number of carbonyl (C=O) groups excluding carboxylic acids is 1. The molecular weight excluding hydrogens is 262 g/mol. The molecule has 1 atom stereocenters. The van der Waals surface area contributed by atoms with Crippen LogP contribution in [0.15, 0.2) is 5.16 Å². The molecule has 1 saturated carbocycles. The highest BCUT2D eigenvalue weighted by atomic mass is 32.2. The summed E-state index contributed by atoms with van der Waals surface area (Å²) in [4.78, 5) is 13.5. The molecule has 1 aromatic heterocycles. The molecule has 1 amide bonds. The molecule has 1 saturated heterocycles. The standard InChI is InChI=1S/C12H19N5OS/c1-8(10(13)18)19-12-15-14-11(16-6-2-3-7-16)17(12)9-4-5-9/h8-9H,2-7H2,1H3,(H2,13,18)/t8-/m1/s1. The number of nitrogens with two attached hydrogens (primary N) is 1. The molecule has 0 aromatic carbocycles. The number of anilines is 1. The van der Waals surface area contributed by atoms with Gasteiger partial charge < -0.3 is 10.6 Å². The van der Waals surface area contributed by atoms with Crippen LogP contribution in [0.4, 0.5) is 5.95 Å². The van der Waals surface area contributed by atoms with Crippen LogP contribution in [0.5, 0.6) is 0 Å². The number of aromatic nitrogens is 3. The topological polar surface area (TPSA) is 77.0 Å². The maximum Gasteiger partial charge on any atom is 0.230 e. The average molecular weight is 281 g/mol. The molecule has 0 radical (unpaired) electrons. The fourth-order valence-corrected chi connectivity index (χ4v) is 3.22. The molecule has 0 bridgehead atoms. The molecule has 6 nitrogen and oxygen atoms in total.